The fraction of sp³-hybridized carbons (Fsp3) is 0.167. The Balaban J connectivity index is 2.41. The lowest BCUT2D eigenvalue weighted by Gasteiger charge is -2.10. The molecule has 0 aliphatic rings. The Morgan fingerprint density at radius 1 is 0.947 bits per heavy atom. The van der Waals surface area contributed by atoms with Gasteiger partial charge in [-0.05, 0) is 45.8 Å². The molecule has 1 atom stereocenters. The van der Waals surface area contributed by atoms with Crippen LogP contribution in [0.25, 0.3) is 0 Å². The van der Waals surface area contributed by atoms with Gasteiger partial charge in [0, 0.05) is 5.56 Å². The van der Waals surface area contributed by atoms with E-state index in [0.29, 0.717) is 10.7 Å². The first-order valence-corrected chi connectivity index (χ1v) is 5.96. The standard InChI is InChI=1S/C12H7BrF4N2/c13-10-4-9(18-5-19-10)11(15)6-1-7(12(16)17)3-8(14)2-6/h1-5,11-12H. The van der Waals surface area contributed by atoms with Gasteiger partial charge in [0.05, 0.1) is 5.69 Å². The Kier molecular flexibility index (Phi) is 4.14. The van der Waals surface area contributed by atoms with Crippen LogP contribution in [0.3, 0.4) is 0 Å². The van der Waals surface area contributed by atoms with E-state index in [-0.39, 0.29) is 11.3 Å². The van der Waals surface area contributed by atoms with Gasteiger partial charge >= 0.3 is 0 Å². The van der Waals surface area contributed by atoms with Crippen LogP contribution < -0.4 is 0 Å². The van der Waals surface area contributed by atoms with Crippen molar-refractivity contribution in [3.63, 3.8) is 0 Å². The summed E-state index contributed by atoms with van der Waals surface area (Å²) in [4.78, 5) is 7.42. The zero-order chi connectivity index (χ0) is 14.0. The van der Waals surface area contributed by atoms with Gasteiger partial charge < -0.3 is 0 Å². The topological polar surface area (TPSA) is 25.8 Å². The van der Waals surface area contributed by atoms with E-state index in [1.54, 1.807) is 0 Å². The minimum atomic E-state index is -2.86. The SMILES string of the molecule is Fc1cc(C(F)F)cc(C(F)c2cc(Br)ncn2)c1. The highest BCUT2D eigenvalue weighted by molar-refractivity contribution is 9.10. The second-order valence-electron chi connectivity index (χ2n) is 3.75. The minimum Gasteiger partial charge on any atom is -0.238 e. The minimum absolute atomic E-state index is 0.0345. The normalized spacial score (nSPS) is 12.7. The largest absolute Gasteiger partial charge is 0.263 e. The number of nitrogens with zero attached hydrogens (tertiary/aromatic N) is 2. The number of hydrogen-bond donors (Lipinski definition) is 0. The van der Waals surface area contributed by atoms with Crippen LogP contribution in [0, 0.1) is 5.82 Å². The molecule has 2 rings (SSSR count). The maximum absolute atomic E-state index is 14.1. The summed E-state index contributed by atoms with van der Waals surface area (Å²) in [5, 5.41) is 0. The first kappa shape index (κ1) is 13.9. The van der Waals surface area contributed by atoms with Crippen molar-refractivity contribution in [3.8, 4) is 0 Å². The molecule has 1 heterocycles. The smallest absolute Gasteiger partial charge is 0.238 e. The van der Waals surface area contributed by atoms with Crippen molar-refractivity contribution in [1.82, 2.24) is 9.97 Å². The number of benzene rings is 1. The van der Waals surface area contributed by atoms with Crippen molar-refractivity contribution in [2.24, 2.45) is 0 Å². The van der Waals surface area contributed by atoms with Crippen molar-refractivity contribution < 1.29 is 17.6 Å². The summed E-state index contributed by atoms with van der Waals surface area (Å²) in [5.41, 5.74) is -0.806. The third kappa shape index (κ3) is 3.28. The van der Waals surface area contributed by atoms with Crippen molar-refractivity contribution in [2.75, 3.05) is 0 Å². The van der Waals surface area contributed by atoms with E-state index in [4.69, 9.17) is 0 Å². The number of alkyl halides is 3. The van der Waals surface area contributed by atoms with Crippen molar-refractivity contribution in [2.45, 2.75) is 12.6 Å². The molecule has 0 N–H and O–H groups in total. The molecule has 0 radical (unpaired) electrons. The summed E-state index contributed by atoms with van der Waals surface area (Å²) in [6.45, 7) is 0. The van der Waals surface area contributed by atoms with Crippen molar-refractivity contribution in [1.29, 1.82) is 0 Å². The van der Waals surface area contributed by atoms with E-state index in [9.17, 15) is 17.6 Å². The van der Waals surface area contributed by atoms with Gasteiger partial charge in [-0.1, -0.05) is 0 Å². The highest BCUT2D eigenvalue weighted by Crippen LogP contribution is 2.29. The number of hydrogen-bond acceptors (Lipinski definition) is 2. The molecule has 0 saturated carbocycles. The van der Waals surface area contributed by atoms with Crippen LogP contribution in [-0.4, -0.2) is 9.97 Å². The second-order valence-corrected chi connectivity index (χ2v) is 4.56. The quantitative estimate of drug-likeness (QED) is 0.615. The summed E-state index contributed by atoms with van der Waals surface area (Å²) >= 11 is 3.04. The molecule has 0 aliphatic carbocycles. The Morgan fingerprint density at radius 3 is 2.26 bits per heavy atom. The van der Waals surface area contributed by atoms with Gasteiger partial charge in [0.1, 0.15) is 16.7 Å². The number of aromatic nitrogens is 2. The molecule has 0 amide bonds. The predicted octanol–water partition coefficient (Wildman–Crippen LogP) is 4.37. The second kappa shape index (κ2) is 5.64. The van der Waals surface area contributed by atoms with Crippen LogP contribution in [0.1, 0.15) is 29.4 Å². The average Bonchev–Trinajstić information content (AvgIpc) is 2.37. The molecule has 7 heteroatoms. The first-order chi connectivity index (χ1) is 8.97. The Morgan fingerprint density at radius 2 is 1.63 bits per heavy atom. The van der Waals surface area contributed by atoms with Gasteiger partial charge in [-0.3, -0.25) is 0 Å². The van der Waals surface area contributed by atoms with Gasteiger partial charge in [0.2, 0.25) is 0 Å². The molecule has 1 unspecified atom stereocenters. The van der Waals surface area contributed by atoms with Crippen LogP contribution in [-0.2, 0) is 0 Å². The lowest BCUT2D eigenvalue weighted by atomic mass is 10.0. The van der Waals surface area contributed by atoms with Gasteiger partial charge in [-0.25, -0.2) is 27.5 Å². The fourth-order valence-corrected chi connectivity index (χ4v) is 1.89. The first-order valence-electron chi connectivity index (χ1n) is 5.17. The molecule has 0 spiro atoms. The number of rotatable bonds is 3. The summed E-state index contributed by atoms with van der Waals surface area (Å²) in [6, 6.07) is 3.77. The average molecular weight is 335 g/mol. The van der Waals surface area contributed by atoms with Crippen LogP contribution in [0.15, 0.2) is 35.2 Å². The summed E-state index contributed by atoms with van der Waals surface area (Å²) in [6.07, 6.45) is -3.54. The molecule has 1 aromatic carbocycles. The summed E-state index contributed by atoms with van der Waals surface area (Å²) < 4.78 is 52.8. The third-order valence-electron chi connectivity index (χ3n) is 2.40. The zero-order valence-electron chi connectivity index (χ0n) is 9.33. The molecular formula is C12H7BrF4N2. The van der Waals surface area contributed by atoms with E-state index in [0.717, 1.165) is 18.5 Å². The van der Waals surface area contributed by atoms with Crippen LogP contribution in [0.4, 0.5) is 17.6 Å². The lowest BCUT2D eigenvalue weighted by Crippen LogP contribution is -2.01. The van der Waals surface area contributed by atoms with Crippen LogP contribution in [0.2, 0.25) is 0 Å². The zero-order valence-corrected chi connectivity index (χ0v) is 10.9. The molecular weight excluding hydrogens is 328 g/mol. The number of halogens is 5. The highest BCUT2D eigenvalue weighted by atomic mass is 79.9. The Labute approximate surface area is 114 Å². The molecule has 1 aromatic heterocycles. The molecule has 100 valence electrons. The van der Waals surface area contributed by atoms with Gasteiger partial charge in [-0.2, -0.15) is 0 Å². The molecule has 0 fully saturated rings. The van der Waals surface area contributed by atoms with E-state index < -0.39 is 24.0 Å². The molecule has 19 heavy (non-hydrogen) atoms. The third-order valence-corrected chi connectivity index (χ3v) is 2.84. The molecule has 0 saturated heterocycles. The molecule has 2 nitrogen and oxygen atoms in total. The maximum Gasteiger partial charge on any atom is 0.263 e. The van der Waals surface area contributed by atoms with Crippen molar-refractivity contribution in [3.05, 3.63) is 57.8 Å². The summed E-state index contributed by atoms with van der Waals surface area (Å²) in [5.74, 6) is -0.913. The van der Waals surface area contributed by atoms with E-state index >= 15 is 0 Å². The van der Waals surface area contributed by atoms with Gasteiger partial charge in [0.25, 0.3) is 6.43 Å². The van der Waals surface area contributed by atoms with E-state index in [1.807, 2.05) is 0 Å². The van der Waals surface area contributed by atoms with E-state index in [1.165, 1.54) is 6.07 Å². The van der Waals surface area contributed by atoms with Crippen LogP contribution in [0.5, 0.6) is 0 Å². The lowest BCUT2D eigenvalue weighted by molar-refractivity contribution is 0.150. The monoisotopic (exact) mass is 334 g/mol. The van der Waals surface area contributed by atoms with Gasteiger partial charge in [0.15, 0.2) is 6.17 Å². The Bertz CT molecular complexity index is 592. The summed E-state index contributed by atoms with van der Waals surface area (Å²) in [7, 11) is 0. The predicted molar refractivity (Wildman–Crippen MR) is 64.0 cm³/mol. The Hall–Kier alpha value is -1.50. The molecule has 2 aromatic rings. The highest BCUT2D eigenvalue weighted by Gasteiger charge is 2.19. The van der Waals surface area contributed by atoms with E-state index in [2.05, 4.69) is 25.9 Å². The van der Waals surface area contributed by atoms with Gasteiger partial charge in [-0.15, -0.1) is 0 Å². The maximum atomic E-state index is 14.1. The van der Waals surface area contributed by atoms with Crippen LogP contribution >= 0.6 is 15.9 Å². The molecule has 0 bridgehead atoms. The fourth-order valence-electron chi connectivity index (χ4n) is 1.56. The molecule has 0 aliphatic heterocycles. The van der Waals surface area contributed by atoms with Crippen molar-refractivity contribution >= 4 is 15.9 Å².